The van der Waals surface area contributed by atoms with E-state index in [1.165, 1.54) is 17.0 Å². The van der Waals surface area contributed by atoms with Crippen molar-refractivity contribution in [3.63, 3.8) is 0 Å². The van der Waals surface area contributed by atoms with Crippen LogP contribution >= 0.6 is 23.5 Å². The van der Waals surface area contributed by atoms with Gasteiger partial charge in [0.05, 0.1) is 10.5 Å². The number of piperazine rings is 1. The van der Waals surface area contributed by atoms with Crippen molar-refractivity contribution in [2.45, 2.75) is 11.5 Å². The Hall–Kier alpha value is -3.62. The van der Waals surface area contributed by atoms with Gasteiger partial charge in [0.1, 0.15) is 18.2 Å². The van der Waals surface area contributed by atoms with Gasteiger partial charge in [0.2, 0.25) is 0 Å². The predicted octanol–water partition coefficient (Wildman–Crippen LogP) is 8.27. The van der Waals surface area contributed by atoms with Crippen LogP contribution in [0.15, 0.2) is 102 Å². The van der Waals surface area contributed by atoms with Crippen LogP contribution in [0.3, 0.4) is 0 Å². The summed E-state index contributed by atoms with van der Waals surface area (Å²) in [7, 11) is 2.18. The average Bonchev–Trinajstić information content (AvgIpc) is 2.98. The first kappa shape index (κ1) is 27.5. The molecule has 1 saturated heterocycles. The molecule has 6 rings (SSSR count). The predicted molar refractivity (Wildman–Crippen MR) is 168 cm³/mol. The van der Waals surface area contributed by atoms with Crippen molar-refractivity contribution >= 4 is 45.8 Å². The number of likely N-dealkylation sites (N-methyl/N-ethyl adjacent to an activating group) is 1. The van der Waals surface area contributed by atoms with Crippen LogP contribution in [0, 0.1) is 5.82 Å². The summed E-state index contributed by atoms with van der Waals surface area (Å²) >= 11 is 8.37. The number of ether oxygens (including phenoxy) is 1. The van der Waals surface area contributed by atoms with Crippen molar-refractivity contribution in [1.29, 1.82) is 0 Å². The molecule has 2 heterocycles. The van der Waals surface area contributed by atoms with Gasteiger partial charge in [-0.05, 0) is 96.3 Å². The van der Waals surface area contributed by atoms with Gasteiger partial charge in [-0.2, -0.15) is 0 Å². The van der Waals surface area contributed by atoms with Crippen LogP contribution in [-0.2, 0) is 6.61 Å². The van der Waals surface area contributed by atoms with E-state index in [0.717, 1.165) is 65.1 Å². The minimum atomic E-state index is -0.290. The molecule has 1 aliphatic heterocycles. The molecule has 0 atom stereocenters. The summed E-state index contributed by atoms with van der Waals surface area (Å²) in [5, 5.41) is 4.98. The van der Waals surface area contributed by atoms with Gasteiger partial charge in [-0.25, -0.2) is 8.70 Å². The summed E-state index contributed by atoms with van der Waals surface area (Å²) in [4.78, 5) is 8.19. The fourth-order valence-electron chi connectivity index (χ4n) is 4.81. The van der Waals surface area contributed by atoms with Crippen LogP contribution in [0.4, 0.5) is 15.8 Å². The van der Waals surface area contributed by atoms with Crippen LogP contribution < -0.4 is 10.1 Å². The van der Waals surface area contributed by atoms with E-state index in [9.17, 15) is 4.39 Å². The molecule has 1 fully saturated rings. The molecule has 1 aromatic heterocycles. The standard InChI is InChI=1S/C33H30ClFN4OS/c1-38-15-17-39(18-16-38)41-28-9-5-24(6-10-28)25-7-11-31-29(20-25)32(13-14-36-31)37-27-8-12-33(30(34)21-27)40-22-23-3-2-4-26(35)19-23/h2-14,19-21H,15-18,22H2,1H3,(H,36,37). The highest BCUT2D eigenvalue weighted by molar-refractivity contribution is 7.97. The Morgan fingerprint density at radius 1 is 0.902 bits per heavy atom. The fourth-order valence-corrected chi connectivity index (χ4v) is 5.95. The number of benzene rings is 4. The van der Waals surface area contributed by atoms with Crippen molar-refractivity contribution < 1.29 is 9.13 Å². The second kappa shape index (κ2) is 12.5. The summed E-state index contributed by atoms with van der Waals surface area (Å²) < 4.78 is 21.7. The first-order valence-corrected chi connectivity index (χ1v) is 14.7. The molecule has 8 heteroatoms. The van der Waals surface area contributed by atoms with Gasteiger partial charge < -0.3 is 15.0 Å². The molecule has 41 heavy (non-hydrogen) atoms. The number of anilines is 2. The van der Waals surface area contributed by atoms with Gasteiger partial charge in [-0.3, -0.25) is 4.98 Å². The van der Waals surface area contributed by atoms with E-state index in [-0.39, 0.29) is 12.4 Å². The zero-order valence-corrected chi connectivity index (χ0v) is 24.3. The molecule has 4 aromatic carbocycles. The quantitative estimate of drug-likeness (QED) is 0.185. The van der Waals surface area contributed by atoms with E-state index in [0.29, 0.717) is 10.8 Å². The zero-order chi connectivity index (χ0) is 28.2. The average molecular weight is 585 g/mol. The van der Waals surface area contributed by atoms with Crippen LogP contribution in [0.5, 0.6) is 5.75 Å². The molecule has 0 saturated carbocycles. The number of aromatic nitrogens is 1. The number of hydrogen-bond acceptors (Lipinski definition) is 6. The molecule has 0 radical (unpaired) electrons. The maximum Gasteiger partial charge on any atom is 0.138 e. The smallest absolute Gasteiger partial charge is 0.138 e. The third-order valence-electron chi connectivity index (χ3n) is 7.12. The zero-order valence-electron chi connectivity index (χ0n) is 22.7. The maximum absolute atomic E-state index is 13.5. The van der Waals surface area contributed by atoms with E-state index in [4.69, 9.17) is 16.3 Å². The molecule has 1 aliphatic rings. The molecule has 5 aromatic rings. The fraction of sp³-hybridized carbons (Fsp3) is 0.182. The third-order valence-corrected chi connectivity index (χ3v) is 8.52. The first-order chi connectivity index (χ1) is 20.0. The van der Waals surface area contributed by atoms with E-state index in [1.807, 2.05) is 42.3 Å². The molecule has 0 amide bonds. The Labute approximate surface area is 249 Å². The van der Waals surface area contributed by atoms with Gasteiger partial charge in [-0.1, -0.05) is 41.9 Å². The summed E-state index contributed by atoms with van der Waals surface area (Å²) in [6.07, 6.45) is 1.80. The first-order valence-electron chi connectivity index (χ1n) is 13.5. The van der Waals surface area contributed by atoms with Crippen molar-refractivity contribution in [3.05, 3.63) is 114 Å². The monoisotopic (exact) mass is 584 g/mol. The number of rotatable bonds is 8. The lowest BCUT2D eigenvalue weighted by Crippen LogP contribution is -2.40. The molecule has 0 spiro atoms. The Balaban J connectivity index is 1.17. The lowest BCUT2D eigenvalue weighted by Gasteiger charge is -2.31. The second-order valence-electron chi connectivity index (χ2n) is 10.1. The molecular formula is C33H30ClFN4OS. The minimum absolute atomic E-state index is 0.234. The van der Waals surface area contributed by atoms with E-state index >= 15 is 0 Å². The summed E-state index contributed by atoms with van der Waals surface area (Å²) in [6, 6.07) is 29.0. The second-order valence-corrected chi connectivity index (χ2v) is 11.7. The largest absolute Gasteiger partial charge is 0.487 e. The molecule has 1 N–H and O–H groups in total. The molecule has 0 unspecified atom stereocenters. The van der Waals surface area contributed by atoms with E-state index < -0.39 is 0 Å². The van der Waals surface area contributed by atoms with E-state index in [2.05, 4.69) is 69.0 Å². The van der Waals surface area contributed by atoms with Crippen molar-refractivity contribution in [1.82, 2.24) is 14.2 Å². The Morgan fingerprint density at radius 2 is 1.71 bits per heavy atom. The lowest BCUT2D eigenvalue weighted by atomic mass is 10.0. The Kier molecular flexibility index (Phi) is 8.39. The summed E-state index contributed by atoms with van der Waals surface area (Å²) in [5.41, 5.74) is 5.70. The normalized spacial score (nSPS) is 14.3. The van der Waals surface area contributed by atoms with Gasteiger partial charge in [0.15, 0.2) is 0 Å². The third kappa shape index (κ3) is 6.82. The highest BCUT2D eigenvalue weighted by atomic mass is 35.5. The van der Waals surface area contributed by atoms with Crippen molar-refractivity contribution in [3.8, 4) is 16.9 Å². The minimum Gasteiger partial charge on any atom is -0.487 e. The van der Waals surface area contributed by atoms with Crippen LogP contribution in [-0.4, -0.2) is 47.4 Å². The highest BCUT2D eigenvalue weighted by Gasteiger charge is 2.15. The van der Waals surface area contributed by atoms with Crippen LogP contribution in [0.1, 0.15) is 5.56 Å². The SMILES string of the molecule is CN1CCN(Sc2ccc(-c3ccc4nccc(Nc5ccc(OCc6cccc(F)c6)c(Cl)c5)c4c3)cc2)CC1. The van der Waals surface area contributed by atoms with Crippen LogP contribution in [0.25, 0.3) is 22.0 Å². The van der Waals surface area contributed by atoms with E-state index in [1.54, 1.807) is 12.3 Å². The van der Waals surface area contributed by atoms with Gasteiger partial charge in [0, 0.05) is 54.0 Å². The van der Waals surface area contributed by atoms with Crippen molar-refractivity contribution in [2.75, 3.05) is 38.5 Å². The number of pyridine rings is 1. The number of halogens is 2. The lowest BCUT2D eigenvalue weighted by molar-refractivity contribution is 0.233. The maximum atomic E-state index is 13.5. The molecule has 0 bridgehead atoms. The molecule has 5 nitrogen and oxygen atoms in total. The Bertz CT molecular complexity index is 1660. The molecule has 0 aliphatic carbocycles. The number of fused-ring (bicyclic) bond motifs is 1. The number of hydrogen-bond donors (Lipinski definition) is 1. The topological polar surface area (TPSA) is 40.6 Å². The molecular weight excluding hydrogens is 555 g/mol. The van der Waals surface area contributed by atoms with Gasteiger partial charge in [0.25, 0.3) is 0 Å². The van der Waals surface area contributed by atoms with Crippen LogP contribution in [0.2, 0.25) is 5.02 Å². The highest BCUT2D eigenvalue weighted by Crippen LogP contribution is 2.34. The number of nitrogens with zero attached hydrogens (tertiary/aromatic N) is 3. The summed E-state index contributed by atoms with van der Waals surface area (Å²) in [6.45, 7) is 4.59. The number of nitrogens with one attached hydrogen (secondary N) is 1. The van der Waals surface area contributed by atoms with Crippen molar-refractivity contribution in [2.24, 2.45) is 0 Å². The molecule has 208 valence electrons. The van der Waals surface area contributed by atoms with Gasteiger partial charge >= 0.3 is 0 Å². The Morgan fingerprint density at radius 3 is 2.49 bits per heavy atom. The van der Waals surface area contributed by atoms with Gasteiger partial charge in [-0.15, -0.1) is 0 Å². The summed E-state index contributed by atoms with van der Waals surface area (Å²) in [5.74, 6) is 0.249.